The number of nitrogens with two attached hydrogens (primary N) is 1. The van der Waals surface area contributed by atoms with Gasteiger partial charge in [0.1, 0.15) is 5.82 Å². The Morgan fingerprint density at radius 1 is 1.56 bits per heavy atom. The lowest BCUT2D eigenvalue weighted by Gasteiger charge is -2.27. The van der Waals surface area contributed by atoms with E-state index in [9.17, 15) is 14.3 Å². The van der Waals surface area contributed by atoms with Crippen LogP contribution in [0.2, 0.25) is 0 Å². The Balaban J connectivity index is 2.98. The molecule has 1 aromatic carbocycles. The highest BCUT2D eigenvalue weighted by Crippen LogP contribution is 2.18. The van der Waals surface area contributed by atoms with Crippen LogP contribution in [0.15, 0.2) is 12.1 Å². The number of hydrogen-bond acceptors (Lipinski definition) is 3. The van der Waals surface area contributed by atoms with Crippen LogP contribution in [0.4, 0.5) is 10.1 Å². The molecule has 0 aromatic heterocycles. The molecule has 1 aromatic rings. The van der Waals surface area contributed by atoms with Gasteiger partial charge in [-0.05, 0) is 32.4 Å². The predicted octanol–water partition coefficient (Wildman–Crippen LogP) is 1.61. The Kier molecular flexibility index (Phi) is 4.29. The summed E-state index contributed by atoms with van der Waals surface area (Å²) in [6, 6.07) is 2.58. The third-order valence-corrected chi connectivity index (χ3v) is 3.19. The van der Waals surface area contributed by atoms with Crippen molar-refractivity contribution in [1.82, 2.24) is 5.32 Å². The number of rotatable bonds is 4. The number of amides is 1. The molecule has 0 heterocycles. The Morgan fingerprint density at radius 2 is 2.17 bits per heavy atom. The molecule has 0 aliphatic carbocycles. The van der Waals surface area contributed by atoms with Crippen molar-refractivity contribution in [3.63, 3.8) is 0 Å². The van der Waals surface area contributed by atoms with Crippen LogP contribution in [-0.4, -0.2) is 23.2 Å². The fourth-order valence-corrected chi connectivity index (χ4v) is 1.42. The first kappa shape index (κ1) is 14.4. The standard InChI is InChI=1S/C13H19FN2O2/c1-4-13(3,7-17)16-12(18)9-5-10(14)8(2)11(15)6-9/h5-6,17H,4,7,15H2,1-3H3,(H,16,18). The van der Waals surface area contributed by atoms with Crippen LogP contribution in [0.25, 0.3) is 0 Å². The zero-order chi connectivity index (χ0) is 13.9. The van der Waals surface area contributed by atoms with Crippen LogP contribution in [0.5, 0.6) is 0 Å². The molecule has 1 unspecified atom stereocenters. The third kappa shape index (κ3) is 2.98. The van der Waals surface area contributed by atoms with Crippen molar-refractivity contribution in [1.29, 1.82) is 0 Å². The number of aliphatic hydroxyl groups excluding tert-OH is 1. The first-order valence-corrected chi connectivity index (χ1v) is 5.82. The van der Waals surface area contributed by atoms with Crippen LogP contribution in [0, 0.1) is 12.7 Å². The maximum atomic E-state index is 13.5. The molecule has 18 heavy (non-hydrogen) atoms. The first-order chi connectivity index (χ1) is 8.33. The lowest BCUT2D eigenvalue weighted by Crippen LogP contribution is -2.48. The van der Waals surface area contributed by atoms with E-state index in [0.717, 1.165) is 6.07 Å². The van der Waals surface area contributed by atoms with Gasteiger partial charge < -0.3 is 16.2 Å². The molecule has 0 radical (unpaired) electrons. The number of carbonyl (C=O) groups excluding carboxylic acids is 1. The number of benzene rings is 1. The smallest absolute Gasteiger partial charge is 0.251 e. The van der Waals surface area contributed by atoms with E-state index in [0.29, 0.717) is 12.0 Å². The number of nitrogen functional groups attached to an aromatic ring is 1. The van der Waals surface area contributed by atoms with Gasteiger partial charge in [0.25, 0.3) is 5.91 Å². The summed E-state index contributed by atoms with van der Waals surface area (Å²) in [4.78, 5) is 11.9. The van der Waals surface area contributed by atoms with Gasteiger partial charge in [-0.15, -0.1) is 0 Å². The fourth-order valence-electron chi connectivity index (χ4n) is 1.42. The molecule has 1 amide bonds. The van der Waals surface area contributed by atoms with Crippen molar-refractivity contribution in [2.45, 2.75) is 32.7 Å². The molecule has 1 rings (SSSR count). The zero-order valence-corrected chi connectivity index (χ0v) is 10.9. The minimum Gasteiger partial charge on any atom is -0.398 e. The van der Waals surface area contributed by atoms with Crippen molar-refractivity contribution >= 4 is 11.6 Å². The van der Waals surface area contributed by atoms with Crippen LogP contribution < -0.4 is 11.1 Å². The molecule has 0 bridgehead atoms. The van der Waals surface area contributed by atoms with Gasteiger partial charge in [-0.1, -0.05) is 6.92 Å². The van der Waals surface area contributed by atoms with Gasteiger partial charge in [0.2, 0.25) is 0 Å². The molecular formula is C13H19FN2O2. The maximum Gasteiger partial charge on any atom is 0.251 e. The molecule has 0 aliphatic rings. The van der Waals surface area contributed by atoms with Gasteiger partial charge in [0.05, 0.1) is 12.1 Å². The molecular weight excluding hydrogens is 235 g/mol. The topological polar surface area (TPSA) is 75.3 Å². The highest BCUT2D eigenvalue weighted by atomic mass is 19.1. The molecule has 4 N–H and O–H groups in total. The number of halogens is 1. The van der Waals surface area contributed by atoms with Gasteiger partial charge in [0.15, 0.2) is 0 Å². The van der Waals surface area contributed by atoms with Gasteiger partial charge in [-0.2, -0.15) is 0 Å². The fraction of sp³-hybridized carbons (Fsp3) is 0.462. The summed E-state index contributed by atoms with van der Waals surface area (Å²) in [7, 11) is 0. The molecule has 1 atom stereocenters. The van der Waals surface area contributed by atoms with Gasteiger partial charge in [-0.25, -0.2) is 4.39 Å². The first-order valence-electron chi connectivity index (χ1n) is 5.82. The molecule has 0 saturated carbocycles. The van der Waals surface area contributed by atoms with Crippen LogP contribution >= 0.6 is 0 Å². The molecule has 100 valence electrons. The second-order valence-electron chi connectivity index (χ2n) is 4.70. The summed E-state index contributed by atoms with van der Waals surface area (Å²) in [5, 5.41) is 11.9. The number of hydrogen-bond donors (Lipinski definition) is 3. The predicted molar refractivity (Wildman–Crippen MR) is 68.8 cm³/mol. The van der Waals surface area contributed by atoms with Gasteiger partial charge in [-0.3, -0.25) is 4.79 Å². The Morgan fingerprint density at radius 3 is 2.61 bits per heavy atom. The van der Waals surface area contributed by atoms with Crippen molar-refractivity contribution in [2.75, 3.05) is 12.3 Å². The molecule has 0 saturated heterocycles. The van der Waals surface area contributed by atoms with Crippen molar-refractivity contribution in [3.05, 3.63) is 29.1 Å². The second kappa shape index (κ2) is 5.35. The Labute approximate surface area is 106 Å². The van der Waals surface area contributed by atoms with E-state index < -0.39 is 17.3 Å². The van der Waals surface area contributed by atoms with E-state index in [1.54, 1.807) is 13.8 Å². The average Bonchev–Trinajstić information content (AvgIpc) is 2.35. The van der Waals surface area contributed by atoms with Crippen LogP contribution in [0.3, 0.4) is 0 Å². The summed E-state index contributed by atoms with van der Waals surface area (Å²) >= 11 is 0. The summed E-state index contributed by atoms with van der Waals surface area (Å²) in [5.41, 5.74) is 5.62. The van der Waals surface area contributed by atoms with E-state index >= 15 is 0 Å². The normalized spacial score (nSPS) is 14.1. The lowest BCUT2D eigenvalue weighted by molar-refractivity contribution is 0.0847. The van der Waals surface area contributed by atoms with E-state index in [2.05, 4.69) is 5.32 Å². The molecule has 0 fully saturated rings. The SMILES string of the molecule is CCC(C)(CO)NC(=O)c1cc(N)c(C)c(F)c1. The average molecular weight is 254 g/mol. The highest BCUT2D eigenvalue weighted by molar-refractivity contribution is 5.95. The van der Waals surface area contributed by atoms with E-state index in [-0.39, 0.29) is 17.9 Å². The van der Waals surface area contributed by atoms with Gasteiger partial charge in [0, 0.05) is 16.8 Å². The van der Waals surface area contributed by atoms with E-state index in [4.69, 9.17) is 5.73 Å². The number of anilines is 1. The Bertz CT molecular complexity index is 433. The number of carbonyl (C=O) groups is 1. The van der Waals surface area contributed by atoms with Crippen LogP contribution in [-0.2, 0) is 0 Å². The summed E-state index contributed by atoms with van der Waals surface area (Å²) in [5.74, 6) is -0.957. The highest BCUT2D eigenvalue weighted by Gasteiger charge is 2.24. The minimum atomic E-state index is -0.715. The Hall–Kier alpha value is -1.62. The van der Waals surface area contributed by atoms with Crippen LogP contribution in [0.1, 0.15) is 36.2 Å². The summed E-state index contributed by atoms with van der Waals surface area (Å²) < 4.78 is 13.5. The lowest BCUT2D eigenvalue weighted by atomic mass is 9.99. The monoisotopic (exact) mass is 254 g/mol. The minimum absolute atomic E-state index is 0.156. The third-order valence-electron chi connectivity index (χ3n) is 3.19. The molecule has 0 spiro atoms. The number of nitrogens with one attached hydrogen (secondary N) is 1. The number of aliphatic hydroxyl groups is 1. The maximum absolute atomic E-state index is 13.5. The van der Waals surface area contributed by atoms with E-state index in [1.165, 1.54) is 6.07 Å². The second-order valence-corrected chi connectivity index (χ2v) is 4.70. The quantitative estimate of drug-likeness (QED) is 0.714. The molecule has 0 aliphatic heterocycles. The molecule has 5 heteroatoms. The van der Waals surface area contributed by atoms with Gasteiger partial charge >= 0.3 is 0 Å². The van der Waals surface area contributed by atoms with Crippen molar-refractivity contribution in [2.24, 2.45) is 0 Å². The van der Waals surface area contributed by atoms with E-state index in [1.807, 2.05) is 6.92 Å². The van der Waals surface area contributed by atoms with Crippen molar-refractivity contribution in [3.8, 4) is 0 Å². The van der Waals surface area contributed by atoms with Crippen molar-refractivity contribution < 1.29 is 14.3 Å². The zero-order valence-electron chi connectivity index (χ0n) is 10.9. The largest absolute Gasteiger partial charge is 0.398 e. The summed E-state index contributed by atoms with van der Waals surface area (Å²) in [6.45, 7) is 4.94. The molecule has 4 nitrogen and oxygen atoms in total. The summed E-state index contributed by atoms with van der Waals surface area (Å²) in [6.07, 6.45) is 0.569.